The van der Waals surface area contributed by atoms with Gasteiger partial charge in [0.15, 0.2) is 6.10 Å². The van der Waals surface area contributed by atoms with E-state index in [1.807, 2.05) is 0 Å². The number of quaternary nitrogens is 2. The number of hydrogen-bond acceptors (Lipinski definition) is 1. The van der Waals surface area contributed by atoms with Gasteiger partial charge in [0.05, 0.1) is 42.3 Å². The minimum absolute atomic E-state index is 0. The second-order valence-electron chi connectivity index (χ2n) is 5.60. The Balaban J connectivity index is -0.000000605. The molecule has 3 nitrogen and oxygen atoms in total. The lowest BCUT2D eigenvalue weighted by Crippen LogP contribution is -3.00. The third-order valence-corrected chi connectivity index (χ3v) is 1.52. The van der Waals surface area contributed by atoms with Crippen molar-refractivity contribution in [1.82, 2.24) is 0 Å². The lowest BCUT2D eigenvalue weighted by atomic mass is 10.3. The Bertz CT molecular complexity index is 125. The average molecular weight is 247 g/mol. The smallest absolute Gasteiger partial charge is 0.152 e. The fourth-order valence-corrected chi connectivity index (χ4v) is 1.32. The van der Waals surface area contributed by atoms with Crippen molar-refractivity contribution < 1.29 is 38.9 Å². The number of halogens is 2. The van der Waals surface area contributed by atoms with Gasteiger partial charge in [0.1, 0.15) is 13.1 Å². The molecule has 0 atom stereocenters. The van der Waals surface area contributed by atoms with Gasteiger partial charge < -0.3 is 38.9 Å². The Morgan fingerprint density at radius 1 is 0.786 bits per heavy atom. The van der Waals surface area contributed by atoms with Crippen molar-refractivity contribution in [2.75, 3.05) is 55.4 Å². The summed E-state index contributed by atoms with van der Waals surface area (Å²) < 4.78 is 1.64. The van der Waals surface area contributed by atoms with Crippen molar-refractivity contribution in [2.45, 2.75) is 6.10 Å². The van der Waals surface area contributed by atoms with Crippen LogP contribution in [0.2, 0.25) is 0 Å². The first-order chi connectivity index (χ1) is 5.10. The van der Waals surface area contributed by atoms with Crippen LogP contribution in [0.25, 0.3) is 0 Å². The molecule has 0 spiro atoms. The van der Waals surface area contributed by atoms with Crippen LogP contribution in [0.1, 0.15) is 0 Å². The van der Waals surface area contributed by atoms with Gasteiger partial charge in [-0.15, -0.1) is 0 Å². The highest BCUT2D eigenvalue weighted by Gasteiger charge is 2.21. The number of rotatable bonds is 4. The fourth-order valence-electron chi connectivity index (χ4n) is 1.32. The van der Waals surface area contributed by atoms with Gasteiger partial charge in [0.2, 0.25) is 0 Å². The highest BCUT2D eigenvalue weighted by atomic mass is 35.5. The molecule has 0 aliphatic rings. The lowest BCUT2D eigenvalue weighted by Gasteiger charge is -2.31. The van der Waals surface area contributed by atoms with E-state index in [1.54, 1.807) is 0 Å². The van der Waals surface area contributed by atoms with E-state index < -0.39 is 0 Å². The molecule has 14 heavy (non-hydrogen) atoms. The van der Waals surface area contributed by atoms with Gasteiger partial charge in [-0.25, -0.2) is 0 Å². The summed E-state index contributed by atoms with van der Waals surface area (Å²) in [4.78, 5) is 0. The topological polar surface area (TPSA) is 20.2 Å². The van der Waals surface area contributed by atoms with Crippen LogP contribution < -0.4 is 24.8 Å². The summed E-state index contributed by atoms with van der Waals surface area (Å²) in [6.07, 6.45) is -0.204. The third kappa shape index (κ3) is 15.0. The minimum atomic E-state index is -0.204. The Morgan fingerprint density at radius 3 is 1.14 bits per heavy atom. The van der Waals surface area contributed by atoms with E-state index in [9.17, 15) is 5.11 Å². The first-order valence-corrected chi connectivity index (χ1v) is 4.39. The van der Waals surface area contributed by atoms with E-state index in [4.69, 9.17) is 0 Å². The van der Waals surface area contributed by atoms with Crippen molar-refractivity contribution in [3.8, 4) is 0 Å². The summed E-state index contributed by atoms with van der Waals surface area (Å²) in [5.74, 6) is 0. The zero-order valence-electron chi connectivity index (χ0n) is 10.1. The van der Waals surface area contributed by atoms with Crippen molar-refractivity contribution in [1.29, 1.82) is 0 Å². The van der Waals surface area contributed by atoms with Crippen LogP contribution in [-0.4, -0.2) is 75.6 Å². The zero-order valence-corrected chi connectivity index (χ0v) is 11.6. The maximum absolute atomic E-state index is 9.69. The molecule has 1 N–H and O–H groups in total. The summed E-state index contributed by atoms with van der Waals surface area (Å²) in [7, 11) is 12.6. The standard InChI is InChI=1S/C9H24N2O.2ClH/c1-10(2,3)7-9(12)8-11(4,5)6;;/h9,12H,7-8H2,1-6H3;2*1H/q+2;;/p-2. The van der Waals surface area contributed by atoms with Gasteiger partial charge >= 0.3 is 0 Å². The second-order valence-corrected chi connectivity index (χ2v) is 5.60. The van der Waals surface area contributed by atoms with Gasteiger partial charge in [-0.2, -0.15) is 0 Å². The molecule has 0 fully saturated rings. The van der Waals surface area contributed by atoms with Gasteiger partial charge in [-0.05, 0) is 0 Å². The monoisotopic (exact) mass is 246 g/mol. The molecule has 0 aromatic rings. The van der Waals surface area contributed by atoms with E-state index in [2.05, 4.69) is 42.3 Å². The summed E-state index contributed by atoms with van der Waals surface area (Å²) in [6.45, 7) is 1.63. The Labute approximate surface area is 101 Å². The van der Waals surface area contributed by atoms with Crippen molar-refractivity contribution in [3.05, 3.63) is 0 Å². The molecule has 0 radical (unpaired) electrons. The quantitative estimate of drug-likeness (QED) is 0.490. The Morgan fingerprint density at radius 2 is 1.00 bits per heavy atom. The number of aliphatic hydroxyl groups is 1. The molecule has 0 aromatic heterocycles. The highest BCUT2D eigenvalue weighted by Crippen LogP contribution is 1.99. The van der Waals surface area contributed by atoms with E-state index in [0.29, 0.717) is 0 Å². The van der Waals surface area contributed by atoms with Crippen LogP contribution >= 0.6 is 0 Å². The number of aliphatic hydroxyl groups excluding tert-OH is 1. The summed E-state index contributed by atoms with van der Waals surface area (Å²) >= 11 is 0. The molecule has 0 saturated carbocycles. The van der Waals surface area contributed by atoms with Crippen molar-refractivity contribution in [3.63, 3.8) is 0 Å². The first kappa shape index (κ1) is 19.9. The molecule has 0 aliphatic carbocycles. The molecule has 90 valence electrons. The largest absolute Gasteiger partial charge is 1.00 e. The van der Waals surface area contributed by atoms with Crippen LogP contribution in [0.15, 0.2) is 0 Å². The molecular formula is C9H24Cl2N2O. The number of hydrogen-bond donors (Lipinski definition) is 1. The number of likely N-dealkylation sites (N-methyl/N-ethyl adjacent to an activating group) is 2. The van der Waals surface area contributed by atoms with Gasteiger partial charge in [0.25, 0.3) is 0 Å². The van der Waals surface area contributed by atoms with E-state index >= 15 is 0 Å². The molecular weight excluding hydrogens is 223 g/mol. The second kappa shape index (κ2) is 6.85. The third-order valence-electron chi connectivity index (χ3n) is 1.52. The van der Waals surface area contributed by atoms with Gasteiger partial charge in [-0.1, -0.05) is 0 Å². The van der Waals surface area contributed by atoms with Crippen LogP contribution in [0.5, 0.6) is 0 Å². The van der Waals surface area contributed by atoms with E-state index in [1.165, 1.54) is 0 Å². The van der Waals surface area contributed by atoms with E-state index in [-0.39, 0.29) is 30.9 Å². The molecule has 0 rings (SSSR count). The average Bonchev–Trinajstić information content (AvgIpc) is 1.49. The minimum Gasteiger partial charge on any atom is -1.00 e. The molecule has 5 heteroatoms. The van der Waals surface area contributed by atoms with Crippen molar-refractivity contribution in [2.24, 2.45) is 0 Å². The summed E-state index contributed by atoms with van der Waals surface area (Å²) in [5.41, 5.74) is 0. The summed E-state index contributed by atoms with van der Waals surface area (Å²) in [6, 6.07) is 0. The molecule has 0 heterocycles. The van der Waals surface area contributed by atoms with Gasteiger partial charge in [-0.3, -0.25) is 0 Å². The molecule has 0 aromatic carbocycles. The molecule has 0 bridgehead atoms. The molecule has 0 aliphatic heterocycles. The SMILES string of the molecule is C[N+](C)(C)CC(O)C[N+](C)(C)C.[Cl-].[Cl-]. The first-order valence-electron chi connectivity index (χ1n) is 4.39. The molecule has 0 amide bonds. The number of nitrogens with zero attached hydrogens (tertiary/aromatic N) is 2. The molecule has 0 unspecified atom stereocenters. The van der Waals surface area contributed by atoms with Crippen LogP contribution in [0.4, 0.5) is 0 Å². The van der Waals surface area contributed by atoms with Crippen molar-refractivity contribution >= 4 is 0 Å². The highest BCUT2D eigenvalue weighted by molar-refractivity contribution is 4.50. The molecule has 0 saturated heterocycles. The zero-order chi connectivity index (χ0) is 9.99. The normalized spacial score (nSPS) is 12.0. The maximum atomic E-state index is 9.69. The van der Waals surface area contributed by atoms with Crippen LogP contribution in [0, 0.1) is 0 Å². The predicted octanol–water partition coefficient (Wildman–Crippen LogP) is -6.23. The fraction of sp³-hybridized carbons (Fsp3) is 1.00. The van der Waals surface area contributed by atoms with Gasteiger partial charge in [0, 0.05) is 0 Å². The Kier molecular flexibility index (Phi) is 9.77. The Hall–Kier alpha value is 0.460. The van der Waals surface area contributed by atoms with Crippen LogP contribution in [-0.2, 0) is 0 Å². The van der Waals surface area contributed by atoms with E-state index in [0.717, 1.165) is 22.1 Å². The predicted molar refractivity (Wildman–Crippen MR) is 51.8 cm³/mol. The maximum Gasteiger partial charge on any atom is 0.152 e. The van der Waals surface area contributed by atoms with Crippen LogP contribution in [0.3, 0.4) is 0 Å². The lowest BCUT2D eigenvalue weighted by molar-refractivity contribution is -0.895. The summed E-state index contributed by atoms with van der Waals surface area (Å²) in [5, 5.41) is 9.69.